The van der Waals surface area contributed by atoms with Gasteiger partial charge in [-0.05, 0) is 25.0 Å². The molecule has 0 radical (unpaired) electrons. The van der Waals surface area contributed by atoms with E-state index in [9.17, 15) is 20.0 Å². The van der Waals surface area contributed by atoms with E-state index in [1.54, 1.807) is 6.92 Å². The highest BCUT2D eigenvalue weighted by Gasteiger charge is 2.23. The fraction of sp³-hybridized carbons (Fsp3) is 0.417. The number of esters is 1. The molecule has 0 saturated heterocycles. The SMILES string of the molecule is CCCc1cc(C(=O)OCC)c(O)c([N+](=O)[O-])c1. The summed E-state index contributed by atoms with van der Waals surface area (Å²) in [6.07, 6.45) is 1.37. The van der Waals surface area contributed by atoms with E-state index in [2.05, 4.69) is 0 Å². The van der Waals surface area contributed by atoms with Crippen molar-refractivity contribution in [1.29, 1.82) is 0 Å². The van der Waals surface area contributed by atoms with Crippen LogP contribution in [0.2, 0.25) is 0 Å². The van der Waals surface area contributed by atoms with Crippen LogP contribution in [0.1, 0.15) is 36.2 Å². The molecule has 1 N–H and O–H groups in total. The molecule has 1 aromatic rings. The summed E-state index contributed by atoms with van der Waals surface area (Å²) in [5.41, 5.74) is 0.00329. The number of nitro benzene ring substituents is 1. The third kappa shape index (κ3) is 2.97. The van der Waals surface area contributed by atoms with E-state index in [1.165, 1.54) is 12.1 Å². The van der Waals surface area contributed by atoms with Crippen LogP contribution < -0.4 is 0 Å². The van der Waals surface area contributed by atoms with Gasteiger partial charge in [0, 0.05) is 6.07 Å². The largest absolute Gasteiger partial charge is 0.501 e. The number of hydrogen-bond acceptors (Lipinski definition) is 5. The number of ether oxygens (including phenoxy) is 1. The Hall–Kier alpha value is -2.11. The van der Waals surface area contributed by atoms with Crippen LogP contribution in [-0.4, -0.2) is 22.6 Å². The second kappa shape index (κ2) is 6.00. The third-order valence-electron chi connectivity index (χ3n) is 2.38. The molecule has 0 heterocycles. The molecule has 0 amide bonds. The molecule has 1 rings (SSSR count). The molecule has 6 nitrogen and oxygen atoms in total. The third-order valence-corrected chi connectivity index (χ3v) is 2.38. The van der Waals surface area contributed by atoms with Crippen molar-refractivity contribution >= 4 is 11.7 Å². The number of benzene rings is 1. The first-order valence-corrected chi connectivity index (χ1v) is 5.68. The van der Waals surface area contributed by atoms with Gasteiger partial charge in [-0.15, -0.1) is 0 Å². The minimum absolute atomic E-state index is 0.143. The fourth-order valence-corrected chi connectivity index (χ4v) is 1.61. The van der Waals surface area contributed by atoms with Crippen molar-refractivity contribution < 1.29 is 19.6 Å². The van der Waals surface area contributed by atoms with Crippen LogP contribution in [0.3, 0.4) is 0 Å². The molecule has 0 spiro atoms. The molecule has 0 aliphatic carbocycles. The first-order chi connectivity index (χ1) is 8.51. The number of nitro groups is 1. The normalized spacial score (nSPS) is 10.1. The minimum Gasteiger partial charge on any atom is -0.501 e. The van der Waals surface area contributed by atoms with E-state index in [-0.39, 0.29) is 12.2 Å². The van der Waals surface area contributed by atoms with Gasteiger partial charge in [-0.1, -0.05) is 13.3 Å². The summed E-state index contributed by atoms with van der Waals surface area (Å²) < 4.78 is 4.76. The molecule has 6 heteroatoms. The van der Waals surface area contributed by atoms with Crippen LogP contribution >= 0.6 is 0 Å². The van der Waals surface area contributed by atoms with Gasteiger partial charge in [-0.2, -0.15) is 0 Å². The van der Waals surface area contributed by atoms with Crippen molar-refractivity contribution in [3.63, 3.8) is 0 Å². The predicted octanol–water partition coefficient (Wildman–Crippen LogP) is 2.43. The van der Waals surface area contributed by atoms with Gasteiger partial charge < -0.3 is 9.84 Å². The average Bonchev–Trinajstić information content (AvgIpc) is 2.31. The molecule has 0 atom stereocenters. The monoisotopic (exact) mass is 253 g/mol. The number of aromatic hydroxyl groups is 1. The van der Waals surface area contributed by atoms with E-state index < -0.39 is 22.3 Å². The van der Waals surface area contributed by atoms with Crippen LogP contribution in [0.15, 0.2) is 12.1 Å². The summed E-state index contributed by atoms with van der Waals surface area (Å²) >= 11 is 0. The smallest absolute Gasteiger partial charge is 0.342 e. The van der Waals surface area contributed by atoms with Crippen LogP contribution in [-0.2, 0) is 11.2 Å². The van der Waals surface area contributed by atoms with Gasteiger partial charge in [-0.25, -0.2) is 4.79 Å². The molecule has 1 aromatic carbocycles. The molecule has 98 valence electrons. The second-order valence-electron chi connectivity index (χ2n) is 3.74. The Morgan fingerprint density at radius 1 is 1.44 bits per heavy atom. The summed E-state index contributed by atoms with van der Waals surface area (Å²) in [5, 5.41) is 20.5. The highest BCUT2D eigenvalue weighted by Crippen LogP contribution is 2.32. The van der Waals surface area contributed by atoms with Crippen molar-refractivity contribution in [3.05, 3.63) is 33.4 Å². The lowest BCUT2D eigenvalue weighted by Gasteiger charge is -2.07. The topological polar surface area (TPSA) is 89.7 Å². The zero-order valence-electron chi connectivity index (χ0n) is 10.3. The molecular formula is C12H15NO5. The fourth-order valence-electron chi connectivity index (χ4n) is 1.61. The molecule has 0 fully saturated rings. The van der Waals surface area contributed by atoms with E-state index in [0.717, 1.165) is 6.42 Å². The quantitative estimate of drug-likeness (QED) is 0.494. The zero-order valence-corrected chi connectivity index (χ0v) is 10.3. The van der Waals surface area contributed by atoms with E-state index >= 15 is 0 Å². The summed E-state index contributed by atoms with van der Waals surface area (Å²) in [6, 6.07) is 2.71. The first kappa shape index (κ1) is 14.0. The minimum atomic E-state index is -0.754. The summed E-state index contributed by atoms with van der Waals surface area (Å²) in [4.78, 5) is 21.7. The van der Waals surface area contributed by atoms with Crippen LogP contribution in [0.5, 0.6) is 5.75 Å². The molecule has 0 aliphatic rings. The Morgan fingerprint density at radius 3 is 2.61 bits per heavy atom. The number of hydrogen-bond donors (Lipinski definition) is 1. The van der Waals surface area contributed by atoms with Gasteiger partial charge in [0.2, 0.25) is 5.75 Å². The van der Waals surface area contributed by atoms with Gasteiger partial charge in [0.15, 0.2) is 0 Å². The predicted molar refractivity (Wildman–Crippen MR) is 64.7 cm³/mol. The Kier molecular flexibility index (Phi) is 4.65. The number of rotatable bonds is 5. The van der Waals surface area contributed by atoms with Crippen molar-refractivity contribution in [2.24, 2.45) is 0 Å². The van der Waals surface area contributed by atoms with Crippen molar-refractivity contribution in [3.8, 4) is 5.75 Å². The molecule has 0 bridgehead atoms. The van der Waals surface area contributed by atoms with Crippen LogP contribution in [0.4, 0.5) is 5.69 Å². The standard InChI is InChI=1S/C12H15NO5/c1-3-5-8-6-9(12(15)18-4-2)11(14)10(7-8)13(16)17/h6-7,14H,3-5H2,1-2H3. The van der Waals surface area contributed by atoms with Crippen molar-refractivity contribution in [2.75, 3.05) is 6.61 Å². The molecule has 0 aliphatic heterocycles. The summed E-state index contributed by atoms with van der Waals surface area (Å²) in [5.74, 6) is -1.39. The summed E-state index contributed by atoms with van der Waals surface area (Å²) in [7, 11) is 0. The Morgan fingerprint density at radius 2 is 2.11 bits per heavy atom. The van der Waals surface area contributed by atoms with E-state index in [4.69, 9.17) is 4.74 Å². The molecule has 0 saturated carbocycles. The Bertz CT molecular complexity index is 470. The maximum absolute atomic E-state index is 11.6. The Labute approximate surface area is 104 Å². The maximum atomic E-state index is 11.6. The molecule has 0 aromatic heterocycles. The average molecular weight is 253 g/mol. The van der Waals surface area contributed by atoms with Gasteiger partial charge in [0.1, 0.15) is 5.56 Å². The van der Waals surface area contributed by atoms with Crippen molar-refractivity contribution in [1.82, 2.24) is 0 Å². The van der Waals surface area contributed by atoms with Gasteiger partial charge in [-0.3, -0.25) is 10.1 Å². The molecular weight excluding hydrogens is 238 g/mol. The number of phenols is 1. The second-order valence-corrected chi connectivity index (χ2v) is 3.74. The lowest BCUT2D eigenvalue weighted by Crippen LogP contribution is -2.07. The number of aryl methyl sites for hydroxylation is 1. The highest BCUT2D eigenvalue weighted by molar-refractivity contribution is 5.94. The van der Waals surface area contributed by atoms with E-state index in [1.807, 2.05) is 6.92 Å². The maximum Gasteiger partial charge on any atom is 0.342 e. The number of carbonyl (C=O) groups excluding carboxylic acids is 1. The van der Waals surface area contributed by atoms with Gasteiger partial charge in [0.25, 0.3) is 0 Å². The molecule has 0 unspecified atom stereocenters. The summed E-state index contributed by atoms with van der Waals surface area (Å²) in [6.45, 7) is 3.69. The van der Waals surface area contributed by atoms with Crippen molar-refractivity contribution in [2.45, 2.75) is 26.7 Å². The van der Waals surface area contributed by atoms with E-state index in [0.29, 0.717) is 12.0 Å². The lowest BCUT2D eigenvalue weighted by atomic mass is 10.0. The van der Waals surface area contributed by atoms with Gasteiger partial charge in [0.05, 0.1) is 11.5 Å². The Balaban J connectivity index is 3.30. The first-order valence-electron chi connectivity index (χ1n) is 5.68. The molecule has 18 heavy (non-hydrogen) atoms. The lowest BCUT2D eigenvalue weighted by molar-refractivity contribution is -0.386. The van der Waals surface area contributed by atoms with Gasteiger partial charge >= 0.3 is 11.7 Å². The van der Waals surface area contributed by atoms with Crippen LogP contribution in [0.25, 0.3) is 0 Å². The zero-order chi connectivity index (χ0) is 13.7. The number of carbonyl (C=O) groups is 1. The number of phenolic OH excluding ortho intramolecular Hbond substituents is 1. The highest BCUT2D eigenvalue weighted by atomic mass is 16.6. The number of nitrogens with zero attached hydrogens (tertiary/aromatic N) is 1. The van der Waals surface area contributed by atoms with Crippen LogP contribution in [0, 0.1) is 10.1 Å².